The zero-order valence-corrected chi connectivity index (χ0v) is 8.90. The van der Waals surface area contributed by atoms with Crippen LogP contribution in [-0.2, 0) is 11.3 Å². The van der Waals surface area contributed by atoms with Crippen molar-refractivity contribution >= 4 is 0 Å². The second kappa shape index (κ2) is 4.21. The fourth-order valence-electron chi connectivity index (χ4n) is 1.41. The van der Waals surface area contributed by atoms with Gasteiger partial charge in [-0.05, 0) is 30.3 Å². The number of hydrogen-bond donors (Lipinski definition) is 1. The van der Waals surface area contributed by atoms with E-state index in [1.807, 2.05) is 0 Å². The summed E-state index contributed by atoms with van der Waals surface area (Å²) in [4.78, 5) is 3.65. The van der Waals surface area contributed by atoms with Crippen LogP contribution in [0.25, 0.3) is 11.3 Å². The van der Waals surface area contributed by atoms with Gasteiger partial charge in [0.1, 0.15) is 0 Å². The number of phenols is 1. The van der Waals surface area contributed by atoms with Crippen LogP contribution in [0.1, 0.15) is 5.56 Å². The average molecular weight is 254 g/mol. The summed E-state index contributed by atoms with van der Waals surface area (Å²) >= 11 is 0. The molecule has 0 fully saturated rings. The second-order valence-corrected chi connectivity index (χ2v) is 3.61. The van der Waals surface area contributed by atoms with Gasteiger partial charge in [0.2, 0.25) is 5.75 Å². The van der Waals surface area contributed by atoms with Crippen molar-refractivity contribution in [3.8, 4) is 22.8 Å². The topological polar surface area (TPSA) is 53.0 Å². The van der Waals surface area contributed by atoms with Gasteiger partial charge in [0.25, 0.3) is 0 Å². The maximum atomic E-state index is 12.3. The molecule has 2 rings (SSSR count). The van der Waals surface area contributed by atoms with Crippen LogP contribution in [0.15, 0.2) is 36.5 Å². The summed E-state index contributed by atoms with van der Waals surface area (Å²) in [6, 6.07) is 5.76. The summed E-state index contributed by atoms with van der Waals surface area (Å²) in [5, 5.41) is 20.2. The number of alkyl halides is 3. The molecule has 0 atom stereocenters. The Balaban J connectivity index is 2.37. The first-order valence-electron chi connectivity index (χ1n) is 4.91. The Morgan fingerprint density at radius 2 is 1.83 bits per heavy atom. The smallest absolute Gasteiger partial charge is 0.417 e. The van der Waals surface area contributed by atoms with Gasteiger partial charge in [-0.3, -0.25) is 10.1 Å². The fourth-order valence-corrected chi connectivity index (χ4v) is 1.41. The molecule has 1 aromatic heterocycles. The van der Waals surface area contributed by atoms with E-state index in [9.17, 15) is 23.4 Å². The lowest BCUT2D eigenvalue weighted by Gasteiger charge is -2.07. The third kappa shape index (κ3) is 2.37. The van der Waals surface area contributed by atoms with Crippen LogP contribution in [0.4, 0.5) is 13.2 Å². The van der Waals surface area contributed by atoms with E-state index in [1.54, 1.807) is 0 Å². The lowest BCUT2D eigenvalue weighted by Crippen LogP contribution is -2.05. The molecular weight excluding hydrogens is 247 g/mol. The minimum absolute atomic E-state index is 0.248. The molecule has 1 N–H and O–H groups in total. The Morgan fingerprint density at radius 3 is 2.33 bits per heavy atom. The van der Waals surface area contributed by atoms with Crippen LogP contribution in [0.2, 0.25) is 0 Å². The van der Waals surface area contributed by atoms with Crippen LogP contribution in [-0.4, -0.2) is 10.1 Å². The fraction of sp³-hybridized carbons (Fsp3) is 0.0833. The molecule has 0 spiro atoms. The number of hydrogen-bond acceptors (Lipinski definition) is 2. The largest absolute Gasteiger partial charge is 0.504 e. The van der Waals surface area contributed by atoms with E-state index in [0.29, 0.717) is 11.8 Å². The minimum Gasteiger partial charge on any atom is -0.504 e. The van der Waals surface area contributed by atoms with Crippen molar-refractivity contribution < 1.29 is 23.4 Å². The third-order valence-electron chi connectivity index (χ3n) is 2.35. The molecule has 0 amide bonds. The molecule has 0 aliphatic rings. The molecule has 0 saturated heterocycles. The van der Waals surface area contributed by atoms with Crippen LogP contribution in [0.3, 0.4) is 0 Å². The normalized spacial score (nSPS) is 11.5. The molecule has 0 unspecified atom stereocenters. The van der Waals surface area contributed by atoms with Crippen molar-refractivity contribution in [3.05, 3.63) is 42.1 Å². The summed E-state index contributed by atoms with van der Waals surface area (Å²) < 4.78 is 37.0. The van der Waals surface area contributed by atoms with Crippen LogP contribution in [0, 0.1) is 0 Å². The average Bonchev–Trinajstić information content (AvgIpc) is 2.32. The predicted octanol–water partition coefficient (Wildman–Crippen LogP) is 3.62. The number of aromatic nitrogens is 1. The van der Waals surface area contributed by atoms with Gasteiger partial charge in [-0.1, -0.05) is 0 Å². The number of aromatic hydroxyl groups is 1. The van der Waals surface area contributed by atoms with E-state index in [2.05, 4.69) is 4.98 Å². The van der Waals surface area contributed by atoms with Crippen molar-refractivity contribution in [2.45, 2.75) is 6.18 Å². The first-order chi connectivity index (χ1) is 8.38. The molecule has 1 radical (unpaired) electrons. The Morgan fingerprint density at radius 1 is 1.11 bits per heavy atom. The molecule has 1 heterocycles. The number of halogens is 3. The van der Waals surface area contributed by atoms with Crippen molar-refractivity contribution in [2.75, 3.05) is 0 Å². The highest BCUT2D eigenvalue weighted by Gasteiger charge is 2.30. The molecule has 2 aromatic rings. The second-order valence-electron chi connectivity index (χ2n) is 3.61. The van der Waals surface area contributed by atoms with E-state index < -0.39 is 23.2 Å². The summed E-state index contributed by atoms with van der Waals surface area (Å²) in [5.41, 5.74) is -0.227. The van der Waals surface area contributed by atoms with Crippen molar-refractivity contribution in [2.24, 2.45) is 0 Å². The van der Waals surface area contributed by atoms with Crippen LogP contribution < -0.4 is 0 Å². The quantitative estimate of drug-likeness (QED) is 0.844. The van der Waals surface area contributed by atoms with Gasteiger partial charge in [0.05, 0.1) is 11.3 Å². The molecule has 0 saturated carbocycles. The summed E-state index contributed by atoms with van der Waals surface area (Å²) in [6.45, 7) is 0. The van der Waals surface area contributed by atoms with Gasteiger partial charge in [-0.2, -0.15) is 13.2 Å². The van der Waals surface area contributed by atoms with E-state index in [1.165, 1.54) is 12.1 Å². The number of phenolic OH excluding ortho intramolecular Hbond substituents is 1. The lowest BCUT2D eigenvalue weighted by molar-refractivity contribution is -0.137. The van der Waals surface area contributed by atoms with Gasteiger partial charge in [0, 0.05) is 11.8 Å². The number of rotatable bonds is 1. The van der Waals surface area contributed by atoms with Crippen molar-refractivity contribution in [1.29, 1.82) is 0 Å². The zero-order valence-electron chi connectivity index (χ0n) is 8.90. The Labute approximate surface area is 100 Å². The number of benzene rings is 1. The molecule has 6 heteroatoms. The van der Waals surface area contributed by atoms with E-state index in [-0.39, 0.29) is 5.69 Å². The summed E-state index contributed by atoms with van der Waals surface area (Å²) in [6.07, 6.45) is -3.73. The van der Waals surface area contributed by atoms with E-state index in [0.717, 1.165) is 18.2 Å². The minimum atomic E-state index is -4.44. The van der Waals surface area contributed by atoms with Crippen LogP contribution in [0.5, 0.6) is 11.5 Å². The highest BCUT2D eigenvalue weighted by atomic mass is 19.4. The van der Waals surface area contributed by atoms with Gasteiger partial charge in [0.15, 0.2) is 5.75 Å². The molecule has 18 heavy (non-hydrogen) atoms. The maximum absolute atomic E-state index is 12.3. The van der Waals surface area contributed by atoms with Gasteiger partial charge < -0.3 is 5.11 Å². The first kappa shape index (κ1) is 12.2. The SMILES string of the molecule is [O]c1ccc(-c2ccc(C(F)(F)F)cn2)cc1O. The van der Waals surface area contributed by atoms with Gasteiger partial charge in [-0.25, -0.2) is 0 Å². The molecule has 0 aliphatic carbocycles. The number of pyridine rings is 1. The maximum Gasteiger partial charge on any atom is 0.417 e. The van der Waals surface area contributed by atoms with Gasteiger partial charge in [-0.15, -0.1) is 0 Å². The molecular formula is C12H7F3NO2. The molecule has 0 bridgehead atoms. The van der Waals surface area contributed by atoms with Crippen molar-refractivity contribution in [3.63, 3.8) is 0 Å². The Hall–Kier alpha value is -2.24. The molecule has 1 aromatic carbocycles. The highest BCUT2D eigenvalue weighted by molar-refractivity contribution is 5.63. The first-order valence-corrected chi connectivity index (χ1v) is 4.91. The molecule has 93 valence electrons. The Kier molecular flexibility index (Phi) is 2.86. The highest BCUT2D eigenvalue weighted by Crippen LogP contribution is 2.32. The summed E-state index contributed by atoms with van der Waals surface area (Å²) in [7, 11) is 0. The standard InChI is InChI=1S/C12H7F3NO2/c13-12(14,15)8-2-3-9(16-6-8)7-1-4-10(17)11(18)5-7/h1-6,18H. The third-order valence-corrected chi connectivity index (χ3v) is 2.35. The zero-order chi connectivity index (χ0) is 13.3. The molecule has 0 aliphatic heterocycles. The number of nitrogens with zero attached hydrogens (tertiary/aromatic N) is 1. The monoisotopic (exact) mass is 254 g/mol. The van der Waals surface area contributed by atoms with E-state index in [4.69, 9.17) is 0 Å². The predicted molar refractivity (Wildman–Crippen MR) is 56.5 cm³/mol. The molecule has 3 nitrogen and oxygen atoms in total. The lowest BCUT2D eigenvalue weighted by atomic mass is 10.1. The summed E-state index contributed by atoms with van der Waals surface area (Å²) in [5.74, 6) is -1.01. The van der Waals surface area contributed by atoms with Gasteiger partial charge >= 0.3 is 6.18 Å². The Bertz CT molecular complexity index is 565. The van der Waals surface area contributed by atoms with Crippen molar-refractivity contribution in [1.82, 2.24) is 4.98 Å². The van der Waals surface area contributed by atoms with Crippen LogP contribution >= 0.6 is 0 Å². The van der Waals surface area contributed by atoms with E-state index >= 15 is 0 Å².